The SMILES string of the molecule is COc1ccc(C)cc1N([C@@H](C)C(=O)N[C@@H](C)c1ccc2c(c1)CCC2)S(C)(=O)=O. The lowest BCUT2D eigenvalue weighted by Crippen LogP contribution is -2.48. The van der Waals surface area contributed by atoms with Gasteiger partial charge in [-0.1, -0.05) is 24.3 Å². The maximum Gasteiger partial charge on any atom is 0.244 e. The number of hydrogen-bond donors (Lipinski definition) is 1. The van der Waals surface area contributed by atoms with Crippen LogP contribution in [0.2, 0.25) is 0 Å². The predicted molar refractivity (Wildman–Crippen MR) is 120 cm³/mol. The Hall–Kier alpha value is -2.54. The molecule has 0 heterocycles. The Labute approximate surface area is 179 Å². The van der Waals surface area contributed by atoms with Gasteiger partial charge in [0.2, 0.25) is 15.9 Å². The number of aryl methyl sites for hydroxylation is 3. The van der Waals surface area contributed by atoms with E-state index in [0.29, 0.717) is 11.4 Å². The zero-order chi connectivity index (χ0) is 22.1. The van der Waals surface area contributed by atoms with Crippen LogP contribution in [0.3, 0.4) is 0 Å². The smallest absolute Gasteiger partial charge is 0.244 e. The number of fused-ring (bicyclic) bond motifs is 1. The molecule has 30 heavy (non-hydrogen) atoms. The molecule has 0 saturated heterocycles. The molecule has 1 aliphatic rings. The second-order valence-electron chi connectivity index (χ2n) is 8.02. The summed E-state index contributed by atoms with van der Waals surface area (Å²) >= 11 is 0. The van der Waals surface area contributed by atoms with Crippen molar-refractivity contribution in [1.82, 2.24) is 5.32 Å². The molecule has 2 atom stereocenters. The highest BCUT2D eigenvalue weighted by Crippen LogP contribution is 2.33. The van der Waals surface area contributed by atoms with E-state index in [4.69, 9.17) is 4.74 Å². The summed E-state index contributed by atoms with van der Waals surface area (Å²) < 4.78 is 31.8. The normalized spacial score (nSPS) is 15.2. The van der Waals surface area contributed by atoms with Crippen molar-refractivity contribution in [2.24, 2.45) is 0 Å². The number of ether oxygens (including phenoxy) is 1. The van der Waals surface area contributed by atoms with Crippen molar-refractivity contribution >= 4 is 21.6 Å². The number of hydrogen-bond acceptors (Lipinski definition) is 4. The van der Waals surface area contributed by atoms with Gasteiger partial charge in [-0.25, -0.2) is 8.42 Å². The van der Waals surface area contributed by atoms with Crippen LogP contribution in [0.5, 0.6) is 5.75 Å². The van der Waals surface area contributed by atoms with Gasteiger partial charge in [-0.05, 0) is 74.4 Å². The Balaban J connectivity index is 1.85. The van der Waals surface area contributed by atoms with E-state index in [2.05, 4.69) is 17.4 Å². The predicted octanol–water partition coefficient (Wildman–Crippen LogP) is 3.52. The monoisotopic (exact) mass is 430 g/mol. The number of carbonyl (C=O) groups is 1. The molecule has 7 heteroatoms. The summed E-state index contributed by atoms with van der Waals surface area (Å²) in [5, 5.41) is 2.98. The van der Waals surface area contributed by atoms with Crippen LogP contribution in [0.15, 0.2) is 36.4 Å². The van der Waals surface area contributed by atoms with Crippen LogP contribution in [0.1, 0.15) is 48.6 Å². The summed E-state index contributed by atoms with van der Waals surface area (Å²) in [6.07, 6.45) is 4.44. The fourth-order valence-electron chi connectivity index (χ4n) is 4.03. The molecule has 0 spiro atoms. The Bertz CT molecular complexity index is 1050. The van der Waals surface area contributed by atoms with Crippen LogP contribution in [0, 0.1) is 6.92 Å². The standard InChI is InChI=1S/C23H30N2O4S/c1-15-9-12-22(29-4)21(13-15)25(30(5,27)28)17(3)23(26)24-16(2)19-11-10-18-7-6-8-20(18)14-19/h9-14,16-17H,6-8H2,1-5H3,(H,24,26)/t16-,17-/m0/s1. The average Bonchev–Trinajstić information content (AvgIpc) is 3.14. The molecule has 0 bridgehead atoms. The van der Waals surface area contributed by atoms with Gasteiger partial charge in [0.15, 0.2) is 0 Å². The lowest BCUT2D eigenvalue weighted by atomic mass is 10.0. The van der Waals surface area contributed by atoms with E-state index in [-0.39, 0.29) is 11.9 Å². The molecule has 0 radical (unpaired) electrons. The van der Waals surface area contributed by atoms with E-state index in [9.17, 15) is 13.2 Å². The van der Waals surface area contributed by atoms with Crippen LogP contribution < -0.4 is 14.4 Å². The van der Waals surface area contributed by atoms with Crippen LogP contribution in [-0.4, -0.2) is 33.7 Å². The van der Waals surface area contributed by atoms with Crippen LogP contribution in [0.4, 0.5) is 5.69 Å². The average molecular weight is 431 g/mol. The Morgan fingerprint density at radius 1 is 1.10 bits per heavy atom. The fourth-order valence-corrected chi connectivity index (χ4v) is 5.20. The lowest BCUT2D eigenvalue weighted by molar-refractivity contribution is -0.122. The lowest BCUT2D eigenvalue weighted by Gasteiger charge is -2.30. The molecule has 1 N–H and O–H groups in total. The second kappa shape index (κ2) is 8.68. The number of nitrogens with one attached hydrogen (secondary N) is 1. The summed E-state index contributed by atoms with van der Waals surface area (Å²) in [5.41, 5.74) is 4.96. The summed E-state index contributed by atoms with van der Waals surface area (Å²) in [5.74, 6) is 0.0364. The van der Waals surface area contributed by atoms with Gasteiger partial charge in [0, 0.05) is 0 Å². The summed E-state index contributed by atoms with van der Waals surface area (Å²) in [7, 11) is -2.25. The van der Waals surface area contributed by atoms with Gasteiger partial charge in [0.05, 0.1) is 25.1 Å². The number of methoxy groups -OCH3 is 1. The Morgan fingerprint density at radius 2 is 1.80 bits per heavy atom. The number of anilines is 1. The van der Waals surface area contributed by atoms with E-state index in [0.717, 1.165) is 41.0 Å². The largest absolute Gasteiger partial charge is 0.495 e. The maximum absolute atomic E-state index is 13.0. The molecule has 3 rings (SSSR count). The molecule has 2 aromatic carbocycles. The van der Waals surface area contributed by atoms with Crippen molar-refractivity contribution in [3.8, 4) is 5.75 Å². The van der Waals surface area contributed by atoms with Crippen molar-refractivity contribution < 1.29 is 17.9 Å². The van der Waals surface area contributed by atoms with Crippen molar-refractivity contribution in [1.29, 1.82) is 0 Å². The van der Waals surface area contributed by atoms with Gasteiger partial charge < -0.3 is 10.1 Å². The Kier molecular flexibility index (Phi) is 6.41. The van der Waals surface area contributed by atoms with Crippen molar-refractivity contribution in [3.05, 3.63) is 58.7 Å². The van der Waals surface area contributed by atoms with E-state index < -0.39 is 16.1 Å². The van der Waals surface area contributed by atoms with Crippen LogP contribution in [-0.2, 0) is 27.7 Å². The van der Waals surface area contributed by atoms with Crippen LogP contribution in [0.25, 0.3) is 0 Å². The first kappa shape index (κ1) is 22.2. The van der Waals surface area contributed by atoms with Gasteiger partial charge in [-0.3, -0.25) is 9.10 Å². The quantitative estimate of drug-likeness (QED) is 0.729. The van der Waals surface area contributed by atoms with E-state index in [1.54, 1.807) is 19.1 Å². The third-order valence-corrected chi connectivity index (χ3v) is 6.87. The van der Waals surface area contributed by atoms with Gasteiger partial charge in [0.1, 0.15) is 11.8 Å². The minimum Gasteiger partial charge on any atom is -0.495 e. The van der Waals surface area contributed by atoms with Gasteiger partial charge >= 0.3 is 0 Å². The van der Waals surface area contributed by atoms with E-state index in [1.165, 1.54) is 18.2 Å². The molecule has 6 nitrogen and oxygen atoms in total. The molecular formula is C23H30N2O4S. The molecule has 162 valence electrons. The number of benzene rings is 2. The first-order valence-electron chi connectivity index (χ1n) is 10.2. The molecule has 1 amide bonds. The molecule has 0 unspecified atom stereocenters. The molecular weight excluding hydrogens is 400 g/mol. The number of amides is 1. The van der Waals surface area contributed by atoms with E-state index >= 15 is 0 Å². The second-order valence-corrected chi connectivity index (χ2v) is 9.88. The molecule has 0 aromatic heterocycles. The highest BCUT2D eigenvalue weighted by Gasteiger charge is 2.32. The maximum atomic E-state index is 13.0. The molecule has 2 aromatic rings. The first-order valence-corrected chi connectivity index (χ1v) is 12.0. The molecule has 0 saturated carbocycles. The highest BCUT2D eigenvalue weighted by atomic mass is 32.2. The minimum absolute atomic E-state index is 0.230. The third kappa shape index (κ3) is 4.61. The van der Waals surface area contributed by atoms with Crippen molar-refractivity contribution in [3.63, 3.8) is 0 Å². The number of rotatable bonds is 7. The number of nitrogens with zero attached hydrogens (tertiary/aromatic N) is 1. The fraction of sp³-hybridized carbons (Fsp3) is 0.435. The Morgan fingerprint density at radius 3 is 2.47 bits per heavy atom. The highest BCUT2D eigenvalue weighted by molar-refractivity contribution is 7.92. The third-order valence-electron chi connectivity index (χ3n) is 5.64. The topological polar surface area (TPSA) is 75.7 Å². The van der Waals surface area contributed by atoms with Crippen molar-refractivity contribution in [2.75, 3.05) is 17.7 Å². The minimum atomic E-state index is -3.73. The number of sulfonamides is 1. The summed E-state index contributed by atoms with van der Waals surface area (Å²) in [6, 6.07) is 10.4. The molecule has 1 aliphatic carbocycles. The first-order chi connectivity index (χ1) is 14.1. The number of carbonyl (C=O) groups excluding carboxylic acids is 1. The summed E-state index contributed by atoms with van der Waals surface area (Å²) in [4.78, 5) is 13.0. The van der Waals surface area contributed by atoms with E-state index in [1.807, 2.05) is 26.0 Å². The zero-order valence-electron chi connectivity index (χ0n) is 18.2. The zero-order valence-corrected chi connectivity index (χ0v) is 19.0. The van der Waals surface area contributed by atoms with Crippen LogP contribution >= 0.6 is 0 Å². The molecule has 0 aliphatic heterocycles. The van der Waals surface area contributed by atoms with Gasteiger partial charge in [0.25, 0.3) is 0 Å². The van der Waals surface area contributed by atoms with Gasteiger partial charge in [-0.15, -0.1) is 0 Å². The molecule has 0 fully saturated rings. The summed E-state index contributed by atoms with van der Waals surface area (Å²) in [6.45, 7) is 5.37. The van der Waals surface area contributed by atoms with Gasteiger partial charge in [-0.2, -0.15) is 0 Å². The van der Waals surface area contributed by atoms with Crippen molar-refractivity contribution in [2.45, 2.75) is 52.1 Å².